The van der Waals surface area contributed by atoms with E-state index in [1.165, 1.54) is 0 Å². The molecule has 0 spiro atoms. The lowest BCUT2D eigenvalue weighted by Crippen LogP contribution is -2.47. The molecule has 1 amide bonds. The van der Waals surface area contributed by atoms with Gasteiger partial charge in [-0.15, -0.1) is 0 Å². The molecule has 1 saturated carbocycles. The van der Waals surface area contributed by atoms with E-state index in [0.717, 1.165) is 55.7 Å². The van der Waals surface area contributed by atoms with E-state index < -0.39 is 0 Å². The lowest BCUT2D eigenvalue weighted by molar-refractivity contribution is 0.0666. The molecular formula is C21H22N4O2. The zero-order chi connectivity index (χ0) is 18.4. The number of fused-ring (bicyclic) bond motifs is 1. The Morgan fingerprint density at radius 1 is 1.11 bits per heavy atom. The second-order valence-electron chi connectivity index (χ2n) is 7.54. The van der Waals surface area contributed by atoms with Crippen LogP contribution in [0.3, 0.4) is 0 Å². The van der Waals surface area contributed by atoms with Gasteiger partial charge in [-0.3, -0.25) is 4.79 Å². The van der Waals surface area contributed by atoms with Crippen LogP contribution in [-0.4, -0.2) is 59.1 Å². The zero-order valence-corrected chi connectivity index (χ0v) is 15.4. The number of hydrogen-bond donors (Lipinski definition) is 0. The number of piperazine rings is 1. The Bertz CT molecular complexity index is 986. The molecule has 2 aliphatic rings. The van der Waals surface area contributed by atoms with Gasteiger partial charge in [-0.1, -0.05) is 35.5 Å². The molecule has 0 unspecified atom stereocenters. The number of nitrogens with zero attached hydrogens (tertiary/aromatic N) is 4. The number of hydrogen-bond acceptors (Lipinski definition) is 5. The van der Waals surface area contributed by atoms with Crippen molar-refractivity contribution in [1.82, 2.24) is 19.9 Å². The van der Waals surface area contributed by atoms with Crippen LogP contribution in [0.1, 0.15) is 34.8 Å². The summed E-state index contributed by atoms with van der Waals surface area (Å²) in [7, 11) is 2.09. The van der Waals surface area contributed by atoms with E-state index in [-0.39, 0.29) is 5.91 Å². The molecule has 2 aromatic heterocycles. The van der Waals surface area contributed by atoms with E-state index in [1.54, 1.807) is 0 Å². The van der Waals surface area contributed by atoms with Gasteiger partial charge in [0.2, 0.25) is 0 Å². The average Bonchev–Trinajstić information content (AvgIpc) is 3.47. The molecule has 0 radical (unpaired) electrons. The molecule has 6 heteroatoms. The van der Waals surface area contributed by atoms with Gasteiger partial charge in [0.1, 0.15) is 5.69 Å². The van der Waals surface area contributed by atoms with E-state index >= 15 is 0 Å². The maximum atomic E-state index is 13.4. The Hall–Kier alpha value is -2.73. The van der Waals surface area contributed by atoms with Gasteiger partial charge in [-0.25, -0.2) is 4.98 Å². The van der Waals surface area contributed by atoms with Crippen molar-refractivity contribution in [3.63, 3.8) is 0 Å². The number of aromatic nitrogens is 2. The molecule has 138 valence electrons. The molecule has 3 heterocycles. The summed E-state index contributed by atoms with van der Waals surface area (Å²) in [5.41, 5.74) is 3.72. The fourth-order valence-corrected chi connectivity index (χ4v) is 3.70. The van der Waals surface area contributed by atoms with Crippen LogP contribution in [0.2, 0.25) is 0 Å². The first kappa shape index (κ1) is 16.4. The van der Waals surface area contributed by atoms with Crippen molar-refractivity contribution >= 4 is 17.0 Å². The minimum absolute atomic E-state index is 0.0535. The number of carbonyl (C=O) groups excluding carboxylic acids is 1. The highest BCUT2D eigenvalue weighted by atomic mass is 16.5. The Balaban J connectivity index is 1.64. The van der Waals surface area contributed by atoms with Crippen molar-refractivity contribution < 1.29 is 9.32 Å². The maximum Gasteiger partial charge on any atom is 0.259 e. The Kier molecular flexibility index (Phi) is 3.93. The molecular weight excluding hydrogens is 340 g/mol. The Labute approximate surface area is 157 Å². The van der Waals surface area contributed by atoms with Crippen LogP contribution in [-0.2, 0) is 0 Å². The van der Waals surface area contributed by atoms with Crippen molar-refractivity contribution in [2.75, 3.05) is 33.2 Å². The molecule has 3 aromatic rings. The summed E-state index contributed by atoms with van der Waals surface area (Å²) in [4.78, 5) is 22.3. The third kappa shape index (κ3) is 3.00. The van der Waals surface area contributed by atoms with Crippen molar-refractivity contribution in [3.05, 3.63) is 47.7 Å². The van der Waals surface area contributed by atoms with Crippen LogP contribution in [0.4, 0.5) is 0 Å². The summed E-state index contributed by atoms with van der Waals surface area (Å²) in [6.07, 6.45) is 2.25. The third-order valence-electron chi connectivity index (χ3n) is 5.53. The van der Waals surface area contributed by atoms with Crippen LogP contribution < -0.4 is 0 Å². The first-order valence-corrected chi connectivity index (χ1v) is 9.54. The first-order chi connectivity index (χ1) is 13.2. The third-order valence-corrected chi connectivity index (χ3v) is 5.53. The number of benzene rings is 1. The van der Waals surface area contributed by atoms with Crippen molar-refractivity contribution in [1.29, 1.82) is 0 Å². The van der Waals surface area contributed by atoms with Gasteiger partial charge in [-0.2, -0.15) is 0 Å². The van der Waals surface area contributed by atoms with Gasteiger partial charge in [0.25, 0.3) is 11.6 Å². The summed E-state index contributed by atoms with van der Waals surface area (Å²) in [5, 5.41) is 5.00. The summed E-state index contributed by atoms with van der Waals surface area (Å²) < 4.78 is 5.58. The molecule has 1 saturated heterocycles. The van der Waals surface area contributed by atoms with Crippen LogP contribution in [0.15, 0.2) is 40.9 Å². The van der Waals surface area contributed by atoms with Gasteiger partial charge in [0.05, 0.1) is 10.9 Å². The quantitative estimate of drug-likeness (QED) is 0.716. The van der Waals surface area contributed by atoms with E-state index in [2.05, 4.69) is 22.1 Å². The van der Waals surface area contributed by atoms with Crippen LogP contribution in [0, 0.1) is 0 Å². The topological polar surface area (TPSA) is 62.5 Å². The second-order valence-corrected chi connectivity index (χ2v) is 7.54. The van der Waals surface area contributed by atoms with E-state index in [9.17, 15) is 4.79 Å². The number of pyridine rings is 1. The Morgan fingerprint density at radius 3 is 2.56 bits per heavy atom. The standard InChI is InChI=1S/C21H22N4O2/c1-24-9-11-25(12-10-24)21(26)16-13-17(14-7-8-14)22-20-18(16)19(23-27-20)15-5-3-2-4-6-15/h2-6,13-14H,7-12H2,1H3. The number of amides is 1. The lowest BCUT2D eigenvalue weighted by Gasteiger charge is -2.32. The summed E-state index contributed by atoms with van der Waals surface area (Å²) in [6.45, 7) is 3.27. The summed E-state index contributed by atoms with van der Waals surface area (Å²) >= 11 is 0. The fourth-order valence-electron chi connectivity index (χ4n) is 3.70. The SMILES string of the molecule is CN1CCN(C(=O)c2cc(C3CC3)nc3onc(-c4ccccc4)c23)CC1. The van der Waals surface area contributed by atoms with Gasteiger partial charge >= 0.3 is 0 Å². The molecule has 27 heavy (non-hydrogen) atoms. The predicted octanol–water partition coefficient (Wildman–Crippen LogP) is 3.15. The summed E-state index contributed by atoms with van der Waals surface area (Å²) in [5.74, 6) is 0.497. The van der Waals surface area contributed by atoms with E-state index in [4.69, 9.17) is 4.52 Å². The molecule has 1 aliphatic heterocycles. The number of rotatable bonds is 3. The van der Waals surface area contributed by atoms with Gasteiger partial charge in [0.15, 0.2) is 0 Å². The number of carbonyl (C=O) groups is 1. The van der Waals surface area contributed by atoms with Gasteiger partial charge < -0.3 is 14.3 Å². The monoisotopic (exact) mass is 362 g/mol. The van der Waals surface area contributed by atoms with Crippen molar-refractivity contribution in [3.8, 4) is 11.3 Å². The Morgan fingerprint density at radius 2 is 1.85 bits per heavy atom. The van der Waals surface area contributed by atoms with Crippen LogP contribution in [0.5, 0.6) is 0 Å². The van der Waals surface area contributed by atoms with E-state index in [1.807, 2.05) is 41.3 Å². The highest BCUT2D eigenvalue weighted by molar-refractivity contribution is 6.09. The highest BCUT2D eigenvalue weighted by Gasteiger charge is 2.31. The molecule has 0 atom stereocenters. The molecule has 1 aliphatic carbocycles. The van der Waals surface area contributed by atoms with Crippen LogP contribution in [0.25, 0.3) is 22.4 Å². The van der Waals surface area contributed by atoms with Gasteiger partial charge in [-0.05, 0) is 26.0 Å². The number of likely N-dealkylation sites (N-methyl/N-ethyl adjacent to an activating group) is 1. The lowest BCUT2D eigenvalue weighted by atomic mass is 10.0. The average molecular weight is 362 g/mol. The molecule has 0 N–H and O–H groups in total. The normalized spacial score (nSPS) is 18.2. The zero-order valence-electron chi connectivity index (χ0n) is 15.4. The predicted molar refractivity (Wildman–Crippen MR) is 103 cm³/mol. The molecule has 0 bridgehead atoms. The molecule has 1 aromatic carbocycles. The molecule has 6 nitrogen and oxygen atoms in total. The van der Waals surface area contributed by atoms with Crippen molar-refractivity contribution in [2.45, 2.75) is 18.8 Å². The van der Waals surface area contributed by atoms with Crippen LogP contribution >= 0.6 is 0 Å². The molecule has 2 fully saturated rings. The smallest absolute Gasteiger partial charge is 0.259 e. The molecule has 5 rings (SSSR count). The first-order valence-electron chi connectivity index (χ1n) is 9.54. The minimum atomic E-state index is 0.0535. The minimum Gasteiger partial charge on any atom is -0.336 e. The fraction of sp³-hybridized carbons (Fsp3) is 0.381. The van der Waals surface area contributed by atoms with Gasteiger partial charge in [0, 0.05) is 43.4 Å². The highest BCUT2D eigenvalue weighted by Crippen LogP contribution is 2.41. The summed E-state index contributed by atoms with van der Waals surface area (Å²) in [6, 6.07) is 11.8. The van der Waals surface area contributed by atoms with E-state index in [0.29, 0.717) is 22.9 Å². The largest absolute Gasteiger partial charge is 0.336 e. The maximum absolute atomic E-state index is 13.4. The second kappa shape index (κ2) is 6.46. The van der Waals surface area contributed by atoms with Crippen molar-refractivity contribution in [2.24, 2.45) is 0 Å².